The summed E-state index contributed by atoms with van der Waals surface area (Å²) in [6.07, 6.45) is 9.40. The third kappa shape index (κ3) is 8.04. The highest BCUT2D eigenvalue weighted by molar-refractivity contribution is 9.10. The average Bonchev–Trinajstić information content (AvgIpc) is 3.40. The van der Waals surface area contributed by atoms with Crippen LogP contribution in [0, 0.1) is 5.41 Å². The zero-order valence-electron chi connectivity index (χ0n) is 24.7. The molecule has 42 heavy (non-hydrogen) atoms. The molecule has 8 nitrogen and oxygen atoms in total. The molecule has 0 saturated heterocycles. The number of amidine groups is 2. The molecule has 2 aromatic rings. The van der Waals surface area contributed by atoms with Crippen LogP contribution in [0.25, 0.3) is 6.08 Å². The highest BCUT2D eigenvalue weighted by Gasteiger charge is 2.35. The molecule has 2 aromatic carbocycles. The Morgan fingerprint density at radius 2 is 1.81 bits per heavy atom. The normalized spacial score (nSPS) is 16.3. The molecule has 2 aliphatic rings. The Morgan fingerprint density at radius 3 is 2.52 bits per heavy atom. The van der Waals surface area contributed by atoms with Crippen molar-refractivity contribution < 1.29 is 19.0 Å². The van der Waals surface area contributed by atoms with Crippen LogP contribution in [-0.4, -0.2) is 47.3 Å². The number of halogens is 1. The number of thioether (sulfide) groups is 1. The number of methoxy groups -OCH3 is 1. The number of fused-ring (bicyclic) bond motifs is 1. The number of benzene rings is 2. The number of hydrogen-bond acceptors (Lipinski definition) is 7. The van der Waals surface area contributed by atoms with E-state index in [1.165, 1.54) is 41.6 Å². The molecule has 2 aliphatic heterocycles. The van der Waals surface area contributed by atoms with Gasteiger partial charge in [-0.1, -0.05) is 58.6 Å². The smallest absolute Gasteiger partial charge is 0.283 e. The largest absolute Gasteiger partial charge is 0.493 e. The maximum atomic E-state index is 12.9. The lowest BCUT2D eigenvalue weighted by molar-refractivity contribution is -0.114. The molecule has 224 valence electrons. The van der Waals surface area contributed by atoms with Crippen molar-refractivity contribution in [2.24, 2.45) is 10.1 Å². The van der Waals surface area contributed by atoms with Gasteiger partial charge >= 0.3 is 0 Å². The van der Waals surface area contributed by atoms with Crippen LogP contribution >= 0.6 is 27.7 Å². The molecule has 4 rings (SSSR count). The highest BCUT2D eigenvalue weighted by atomic mass is 79.9. The van der Waals surface area contributed by atoms with E-state index in [1.54, 1.807) is 19.3 Å². The molecule has 10 heteroatoms. The summed E-state index contributed by atoms with van der Waals surface area (Å²) in [7, 11) is 1.56. The lowest BCUT2D eigenvalue weighted by atomic mass is 9.99. The fourth-order valence-corrected chi connectivity index (χ4v) is 6.07. The number of hydrogen-bond donors (Lipinski definition) is 1. The summed E-state index contributed by atoms with van der Waals surface area (Å²) in [6, 6.07) is 11.8. The molecule has 1 atom stereocenters. The fourth-order valence-electron chi connectivity index (χ4n) is 4.57. The maximum Gasteiger partial charge on any atom is 0.283 e. The number of ether oxygens (including phenoxy) is 3. The summed E-state index contributed by atoms with van der Waals surface area (Å²) in [5.41, 5.74) is 2.14. The number of nitrogens with zero attached hydrogens (tertiary/aromatic N) is 3. The minimum Gasteiger partial charge on any atom is -0.493 e. The molecule has 0 aliphatic carbocycles. The minimum absolute atomic E-state index is 0.0169. The van der Waals surface area contributed by atoms with Crippen molar-refractivity contribution in [1.29, 1.82) is 5.41 Å². The Bertz CT molecular complexity index is 1370. The SMILES string of the molecule is CCCCCCCC1=NN2C(=N)/C(=C/c3cc(Br)c(OCCOc4ccc(C(C)CC)cc4)c(OC)c3)C(=O)N=C2S1. The van der Waals surface area contributed by atoms with Gasteiger partial charge in [0.15, 0.2) is 17.3 Å². The molecular weight excluding hydrogens is 616 g/mol. The van der Waals surface area contributed by atoms with Gasteiger partial charge in [0.1, 0.15) is 24.0 Å². The zero-order chi connectivity index (χ0) is 30.1. The number of hydrazone groups is 1. The van der Waals surface area contributed by atoms with E-state index < -0.39 is 5.91 Å². The van der Waals surface area contributed by atoms with Gasteiger partial charge < -0.3 is 14.2 Å². The summed E-state index contributed by atoms with van der Waals surface area (Å²) in [4.78, 5) is 17.1. The minimum atomic E-state index is -0.456. The van der Waals surface area contributed by atoms with Gasteiger partial charge in [-0.2, -0.15) is 15.1 Å². The van der Waals surface area contributed by atoms with Crippen LogP contribution in [0.5, 0.6) is 17.2 Å². The van der Waals surface area contributed by atoms with Gasteiger partial charge in [0.25, 0.3) is 5.91 Å². The van der Waals surface area contributed by atoms with E-state index in [9.17, 15) is 4.79 Å². The van der Waals surface area contributed by atoms with Crippen LogP contribution in [0.3, 0.4) is 0 Å². The van der Waals surface area contributed by atoms with Crippen LogP contribution < -0.4 is 14.2 Å². The number of amides is 1. The Balaban J connectivity index is 1.38. The van der Waals surface area contributed by atoms with Gasteiger partial charge in [0, 0.05) is 0 Å². The van der Waals surface area contributed by atoms with E-state index in [0.717, 1.165) is 36.5 Å². The van der Waals surface area contributed by atoms with E-state index in [0.29, 0.717) is 45.8 Å². The van der Waals surface area contributed by atoms with Crippen LogP contribution in [0.1, 0.15) is 82.8 Å². The summed E-state index contributed by atoms with van der Waals surface area (Å²) < 4.78 is 18.1. The molecule has 1 N–H and O–H groups in total. The van der Waals surface area contributed by atoms with Gasteiger partial charge in [0.05, 0.1) is 17.2 Å². The van der Waals surface area contributed by atoms with Crippen molar-refractivity contribution in [3.05, 3.63) is 57.6 Å². The fraction of sp³-hybridized carbons (Fsp3) is 0.438. The second kappa shape index (κ2) is 15.4. The van der Waals surface area contributed by atoms with E-state index in [-0.39, 0.29) is 11.4 Å². The monoisotopic (exact) mass is 654 g/mol. The molecule has 0 aromatic heterocycles. The van der Waals surface area contributed by atoms with E-state index in [4.69, 9.17) is 19.6 Å². The van der Waals surface area contributed by atoms with E-state index in [2.05, 4.69) is 58.9 Å². The van der Waals surface area contributed by atoms with Crippen LogP contribution in [0.2, 0.25) is 0 Å². The van der Waals surface area contributed by atoms with E-state index >= 15 is 0 Å². The van der Waals surface area contributed by atoms with Crippen molar-refractivity contribution in [3.63, 3.8) is 0 Å². The molecule has 2 heterocycles. The van der Waals surface area contributed by atoms with Crippen molar-refractivity contribution >= 4 is 55.7 Å². The number of aliphatic imine (C=N–C) groups is 1. The van der Waals surface area contributed by atoms with Crippen molar-refractivity contribution in [2.75, 3.05) is 20.3 Å². The Morgan fingerprint density at radius 1 is 1.07 bits per heavy atom. The lowest BCUT2D eigenvalue weighted by Crippen LogP contribution is -2.35. The first-order valence-corrected chi connectivity index (χ1v) is 16.2. The summed E-state index contributed by atoms with van der Waals surface area (Å²) in [5.74, 6) is 1.90. The maximum absolute atomic E-state index is 12.9. The topological polar surface area (TPSA) is 96.6 Å². The van der Waals surface area contributed by atoms with Gasteiger partial charge in [-0.3, -0.25) is 10.2 Å². The van der Waals surface area contributed by atoms with Gasteiger partial charge in [-0.25, -0.2) is 0 Å². The predicted molar refractivity (Wildman–Crippen MR) is 175 cm³/mol. The molecular formula is C32H39BrN4O4S. The molecule has 0 fully saturated rings. The third-order valence-electron chi connectivity index (χ3n) is 7.21. The van der Waals surface area contributed by atoms with Gasteiger partial charge in [-0.15, -0.1) is 0 Å². The molecule has 0 radical (unpaired) electrons. The van der Waals surface area contributed by atoms with Crippen LogP contribution in [0.4, 0.5) is 0 Å². The third-order valence-corrected chi connectivity index (χ3v) is 8.77. The van der Waals surface area contributed by atoms with Crippen LogP contribution in [-0.2, 0) is 4.79 Å². The van der Waals surface area contributed by atoms with Crippen LogP contribution in [0.15, 0.2) is 56.5 Å². The number of rotatable bonds is 15. The molecule has 1 unspecified atom stereocenters. The van der Waals surface area contributed by atoms with Crippen molar-refractivity contribution in [1.82, 2.24) is 5.01 Å². The quantitative estimate of drug-likeness (QED) is 0.153. The standard InChI is InChI=1S/C32H39BrN4O4S/c1-5-7-8-9-10-11-28-36-37-30(34)25(31(38)35-32(37)42-28)18-22-19-26(33)29(27(20-22)39-4)41-17-16-40-24-14-12-23(13-15-24)21(3)6-2/h12-15,18-21,34H,5-11,16-17H2,1-4H3/b25-18-,34-30?. The van der Waals surface area contributed by atoms with Crippen molar-refractivity contribution in [3.8, 4) is 17.2 Å². The zero-order valence-corrected chi connectivity index (χ0v) is 27.1. The predicted octanol–water partition coefficient (Wildman–Crippen LogP) is 8.41. The molecule has 1 amide bonds. The number of nitrogens with one attached hydrogen (secondary N) is 1. The first-order chi connectivity index (χ1) is 20.3. The summed E-state index contributed by atoms with van der Waals surface area (Å²) in [6.45, 7) is 7.27. The average molecular weight is 656 g/mol. The Labute approximate surface area is 261 Å². The second-order valence-corrected chi connectivity index (χ2v) is 12.2. The van der Waals surface area contributed by atoms with Crippen molar-refractivity contribution in [2.45, 2.75) is 71.6 Å². The van der Waals surface area contributed by atoms with E-state index in [1.807, 2.05) is 18.2 Å². The lowest BCUT2D eigenvalue weighted by Gasteiger charge is -2.20. The number of carbonyl (C=O) groups excluding carboxylic acids is 1. The summed E-state index contributed by atoms with van der Waals surface area (Å²) >= 11 is 4.95. The van der Waals surface area contributed by atoms with Gasteiger partial charge in [0.2, 0.25) is 5.17 Å². The molecule has 0 bridgehead atoms. The highest BCUT2D eigenvalue weighted by Crippen LogP contribution is 2.38. The Hall–Kier alpha value is -3.11. The Kier molecular flexibility index (Phi) is 11.7. The molecule has 0 spiro atoms. The van der Waals surface area contributed by atoms with Gasteiger partial charge in [-0.05, 0) is 94.3 Å². The summed E-state index contributed by atoms with van der Waals surface area (Å²) in [5, 5.41) is 16.1. The second-order valence-electron chi connectivity index (χ2n) is 10.3. The first kappa shape index (κ1) is 31.8. The number of carbonyl (C=O) groups is 1. The molecule has 0 saturated carbocycles. The number of unbranched alkanes of at least 4 members (excludes halogenated alkanes) is 4. The first-order valence-electron chi connectivity index (χ1n) is 14.6.